The summed E-state index contributed by atoms with van der Waals surface area (Å²) in [4.78, 5) is 4.21. The molecule has 2 heterocycles. The van der Waals surface area contributed by atoms with Crippen LogP contribution < -0.4 is 5.32 Å². The van der Waals surface area contributed by atoms with Crippen LogP contribution in [-0.2, 0) is 6.42 Å². The first-order valence-electron chi connectivity index (χ1n) is 5.06. The van der Waals surface area contributed by atoms with Crippen molar-refractivity contribution in [3.8, 4) is 0 Å². The van der Waals surface area contributed by atoms with Gasteiger partial charge in [0.05, 0.1) is 17.9 Å². The molecule has 0 radical (unpaired) electrons. The van der Waals surface area contributed by atoms with Crippen LogP contribution in [0.4, 0.5) is 14.5 Å². The third kappa shape index (κ3) is 1.94. The summed E-state index contributed by atoms with van der Waals surface area (Å²) in [5.41, 5.74) is 3.62. The van der Waals surface area contributed by atoms with Gasteiger partial charge in [0.25, 0.3) is 5.92 Å². The number of halogens is 2. The number of hydrogen-bond donors (Lipinski definition) is 1. The molecule has 0 bridgehead atoms. The van der Waals surface area contributed by atoms with E-state index in [-0.39, 0.29) is 13.0 Å². The number of anilines is 1. The molecule has 0 spiro atoms. The second-order valence-electron chi connectivity index (χ2n) is 4.10. The van der Waals surface area contributed by atoms with Crippen LogP contribution in [0.25, 0.3) is 0 Å². The van der Waals surface area contributed by atoms with Gasteiger partial charge in [0.2, 0.25) is 0 Å². The van der Waals surface area contributed by atoms with Crippen LogP contribution >= 0.6 is 0 Å². The molecular weight excluding hydrogens is 198 g/mol. The molecule has 0 aliphatic carbocycles. The lowest BCUT2D eigenvalue weighted by Crippen LogP contribution is -2.25. The van der Waals surface area contributed by atoms with Crippen molar-refractivity contribution in [1.29, 1.82) is 0 Å². The van der Waals surface area contributed by atoms with E-state index in [4.69, 9.17) is 0 Å². The van der Waals surface area contributed by atoms with Gasteiger partial charge in [0, 0.05) is 12.6 Å². The number of hydrogen-bond acceptors (Lipinski definition) is 2. The van der Waals surface area contributed by atoms with Gasteiger partial charge in [0.15, 0.2) is 0 Å². The fourth-order valence-electron chi connectivity index (χ4n) is 1.78. The average Bonchev–Trinajstić information content (AvgIpc) is 2.32. The van der Waals surface area contributed by atoms with Gasteiger partial charge in [0.1, 0.15) is 0 Å². The second-order valence-corrected chi connectivity index (χ2v) is 4.10. The maximum absolute atomic E-state index is 13.2. The van der Waals surface area contributed by atoms with Gasteiger partial charge in [-0.05, 0) is 31.4 Å². The van der Waals surface area contributed by atoms with Crippen LogP contribution in [0.1, 0.15) is 23.2 Å². The highest BCUT2D eigenvalue weighted by atomic mass is 19.3. The highest BCUT2D eigenvalue weighted by molar-refractivity contribution is 5.57. The zero-order chi connectivity index (χ0) is 11.1. The lowest BCUT2D eigenvalue weighted by Gasteiger charge is -2.14. The molecule has 1 aromatic rings. The Hall–Kier alpha value is -1.19. The van der Waals surface area contributed by atoms with Gasteiger partial charge in [-0.15, -0.1) is 0 Å². The van der Waals surface area contributed by atoms with E-state index in [0.29, 0.717) is 6.42 Å². The van der Waals surface area contributed by atoms with Crippen molar-refractivity contribution < 1.29 is 8.78 Å². The standard InChI is InChI=1S/C11H14F2N2/c1-7-5-14-9-3-4-11(12,13)6-15-10(9)8(7)2/h5,15H,3-4,6H2,1-2H3. The Morgan fingerprint density at radius 1 is 1.40 bits per heavy atom. The average molecular weight is 212 g/mol. The van der Waals surface area contributed by atoms with Gasteiger partial charge in [-0.3, -0.25) is 4.98 Å². The van der Waals surface area contributed by atoms with Crippen molar-refractivity contribution in [2.24, 2.45) is 0 Å². The van der Waals surface area contributed by atoms with Crippen molar-refractivity contribution in [2.45, 2.75) is 32.6 Å². The van der Waals surface area contributed by atoms with E-state index in [1.807, 2.05) is 13.8 Å². The van der Waals surface area contributed by atoms with Gasteiger partial charge in [-0.2, -0.15) is 0 Å². The predicted molar refractivity (Wildman–Crippen MR) is 55.5 cm³/mol. The van der Waals surface area contributed by atoms with Crippen molar-refractivity contribution in [1.82, 2.24) is 4.98 Å². The molecule has 4 heteroatoms. The number of alkyl halides is 2. The minimum absolute atomic E-state index is 0.123. The summed E-state index contributed by atoms with van der Waals surface area (Å²) in [5.74, 6) is -2.62. The Morgan fingerprint density at radius 2 is 2.13 bits per heavy atom. The van der Waals surface area contributed by atoms with Gasteiger partial charge in [-0.25, -0.2) is 8.78 Å². The molecule has 0 aromatic carbocycles. The number of aromatic nitrogens is 1. The maximum atomic E-state index is 13.2. The van der Waals surface area contributed by atoms with Gasteiger partial charge >= 0.3 is 0 Å². The number of aryl methyl sites for hydroxylation is 2. The van der Waals surface area contributed by atoms with E-state index < -0.39 is 5.92 Å². The van der Waals surface area contributed by atoms with Crippen LogP contribution in [0.15, 0.2) is 6.20 Å². The molecule has 1 aliphatic rings. The Labute approximate surface area is 87.7 Å². The maximum Gasteiger partial charge on any atom is 0.265 e. The number of nitrogens with zero attached hydrogens (tertiary/aromatic N) is 1. The number of fused-ring (bicyclic) bond motifs is 1. The van der Waals surface area contributed by atoms with E-state index in [9.17, 15) is 8.78 Å². The second kappa shape index (κ2) is 3.43. The van der Waals surface area contributed by atoms with Crippen molar-refractivity contribution >= 4 is 5.69 Å². The van der Waals surface area contributed by atoms with Crippen molar-refractivity contribution in [2.75, 3.05) is 11.9 Å². The quantitative estimate of drug-likeness (QED) is 0.715. The number of rotatable bonds is 0. The monoisotopic (exact) mass is 212 g/mol. The predicted octanol–water partition coefficient (Wildman–Crippen LogP) is 2.69. The van der Waals surface area contributed by atoms with E-state index in [0.717, 1.165) is 22.5 Å². The molecule has 2 nitrogen and oxygen atoms in total. The summed E-state index contributed by atoms with van der Waals surface area (Å²) in [6.07, 6.45) is 1.97. The summed E-state index contributed by atoms with van der Waals surface area (Å²) in [5, 5.41) is 2.81. The normalized spacial score (nSPS) is 18.9. The van der Waals surface area contributed by atoms with Crippen LogP contribution in [0.2, 0.25) is 0 Å². The molecule has 0 amide bonds. The Kier molecular flexibility index (Phi) is 2.37. The Balaban J connectivity index is 2.40. The fourth-order valence-corrected chi connectivity index (χ4v) is 1.78. The highest BCUT2D eigenvalue weighted by Crippen LogP contribution is 2.31. The first-order valence-corrected chi connectivity index (χ1v) is 5.06. The fraction of sp³-hybridized carbons (Fsp3) is 0.545. The number of nitrogens with one attached hydrogen (secondary N) is 1. The Bertz CT molecular complexity index is 388. The van der Waals surface area contributed by atoms with Gasteiger partial charge in [-0.1, -0.05) is 0 Å². The molecule has 1 N–H and O–H groups in total. The van der Waals surface area contributed by atoms with Crippen LogP contribution in [0, 0.1) is 13.8 Å². The van der Waals surface area contributed by atoms with Crippen LogP contribution in [-0.4, -0.2) is 17.5 Å². The summed E-state index contributed by atoms with van der Waals surface area (Å²) < 4.78 is 26.3. The molecule has 1 aliphatic heterocycles. The third-order valence-corrected chi connectivity index (χ3v) is 2.92. The van der Waals surface area contributed by atoms with E-state index in [1.54, 1.807) is 6.20 Å². The molecule has 0 saturated heterocycles. The molecule has 0 unspecified atom stereocenters. The zero-order valence-corrected chi connectivity index (χ0v) is 8.90. The van der Waals surface area contributed by atoms with Crippen molar-refractivity contribution in [3.63, 3.8) is 0 Å². The number of pyridine rings is 1. The smallest absolute Gasteiger partial charge is 0.265 e. The molecule has 2 rings (SSSR count). The molecule has 0 saturated carbocycles. The van der Waals surface area contributed by atoms with E-state index in [1.165, 1.54) is 0 Å². The zero-order valence-electron chi connectivity index (χ0n) is 8.90. The molecule has 1 aromatic heterocycles. The molecule has 0 atom stereocenters. The highest BCUT2D eigenvalue weighted by Gasteiger charge is 2.32. The molecule has 15 heavy (non-hydrogen) atoms. The summed E-state index contributed by atoms with van der Waals surface area (Å²) in [6, 6.07) is 0. The summed E-state index contributed by atoms with van der Waals surface area (Å²) in [6.45, 7) is 3.59. The summed E-state index contributed by atoms with van der Waals surface area (Å²) >= 11 is 0. The lowest BCUT2D eigenvalue weighted by molar-refractivity contribution is 0.00826. The van der Waals surface area contributed by atoms with E-state index >= 15 is 0 Å². The molecular formula is C11H14F2N2. The minimum Gasteiger partial charge on any atom is -0.377 e. The summed E-state index contributed by atoms with van der Waals surface area (Å²) in [7, 11) is 0. The van der Waals surface area contributed by atoms with Gasteiger partial charge < -0.3 is 5.32 Å². The van der Waals surface area contributed by atoms with E-state index in [2.05, 4.69) is 10.3 Å². The molecule has 0 fully saturated rings. The first-order chi connectivity index (χ1) is 6.99. The Morgan fingerprint density at radius 3 is 2.87 bits per heavy atom. The third-order valence-electron chi connectivity index (χ3n) is 2.92. The molecule has 82 valence electrons. The van der Waals surface area contributed by atoms with Crippen LogP contribution in [0.5, 0.6) is 0 Å². The topological polar surface area (TPSA) is 24.9 Å². The minimum atomic E-state index is -2.62. The van der Waals surface area contributed by atoms with Crippen LogP contribution in [0.3, 0.4) is 0 Å². The first kappa shape index (κ1) is 10.3. The SMILES string of the molecule is Cc1cnc2c(c1C)NCC(F)(F)CC2. The largest absolute Gasteiger partial charge is 0.377 e. The van der Waals surface area contributed by atoms with Crippen molar-refractivity contribution in [3.05, 3.63) is 23.0 Å². The lowest BCUT2D eigenvalue weighted by atomic mass is 10.1.